The first-order valence-corrected chi connectivity index (χ1v) is 9.08. The minimum Gasteiger partial charge on any atom is -0.394 e. The fraction of sp³-hybridized carbons (Fsp3) is 0.524. The predicted octanol–water partition coefficient (Wildman–Crippen LogP) is 1.84. The van der Waals surface area contributed by atoms with Gasteiger partial charge in [-0.2, -0.15) is 0 Å². The molecular formula is C21H32O6. The number of hydrogen-bond donors (Lipinski definition) is 3. The molecule has 0 aliphatic carbocycles. The van der Waals surface area contributed by atoms with E-state index in [4.69, 9.17) is 14.2 Å². The van der Waals surface area contributed by atoms with E-state index in [0.29, 0.717) is 6.61 Å². The van der Waals surface area contributed by atoms with E-state index in [1.165, 1.54) is 7.11 Å². The van der Waals surface area contributed by atoms with Crippen LogP contribution in [0.1, 0.15) is 19.4 Å². The Morgan fingerprint density at radius 2 is 1.85 bits per heavy atom. The molecule has 1 rings (SSSR count). The van der Waals surface area contributed by atoms with E-state index in [1.807, 2.05) is 62.4 Å². The molecule has 152 valence electrons. The van der Waals surface area contributed by atoms with Gasteiger partial charge in [-0.3, -0.25) is 0 Å². The van der Waals surface area contributed by atoms with Crippen LogP contribution in [0.25, 0.3) is 0 Å². The fourth-order valence-electron chi connectivity index (χ4n) is 2.56. The molecule has 1 aromatic rings. The number of methoxy groups -OCH3 is 1. The summed E-state index contributed by atoms with van der Waals surface area (Å²) in [4.78, 5) is 0. The number of ether oxygens (including phenoxy) is 3. The Bertz CT molecular complexity index is 557. The van der Waals surface area contributed by atoms with Gasteiger partial charge in [0.05, 0.1) is 26.4 Å². The van der Waals surface area contributed by atoms with Gasteiger partial charge in [-0.25, -0.2) is 0 Å². The van der Waals surface area contributed by atoms with Crippen LogP contribution in [-0.2, 0) is 20.8 Å². The topological polar surface area (TPSA) is 88.4 Å². The lowest BCUT2D eigenvalue weighted by atomic mass is 10.0. The third kappa shape index (κ3) is 8.34. The van der Waals surface area contributed by atoms with Crippen molar-refractivity contribution in [2.75, 3.05) is 26.9 Å². The summed E-state index contributed by atoms with van der Waals surface area (Å²) in [5, 5.41) is 30.0. The first kappa shape index (κ1) is 23.5. The first-order valence-electron chi connectivity index (χ1n) is 9.08. The van der Waals surface area contributed by atoms with Gasteiger partial charge in [0.25, 0.3) is 0 Å². The predicted molar refractivity (Wildman–Crippen MR) is 104 cm³/mol. The highest BCUT2D eigenvalue weighted by atomic mass is 16.5. The molecule has 27 heavy (non-hydrogen) atoms. The van der Waals surface area contributed by atoms with Crippen molar-refractivity contribution in [2.45, 2.75) is 44.9 Å². The van der Waals surface area contributed by atoms with Crippen LogP contribution in [0.3, 0.4) is 0 Å². The second kappa shape index (κ2) is 13.6. The molecule has 0 fully saturated rings. The molecule has 0 radical (unpaired) electrons. The van der Waals surface area contributed by atoms with Gasteiger partial charge in [-0.05, 0) is 25.0 Å². The van der Waals surface area contributed by atoms with Crippen molar-refractivity contribution in [3.63, 3.8) is 0 Å². The second-order valence-electron chi connectivity index (χ2n) is 6.15. The zero-order valence-electron chi connectivity index (χ0n) is 16.3. The minimum atomic E-state index is -1.24. The number of benzene rings is 1. The molecule has 0 amide bonds. The third-order valence-corrected chi connectivity index (χ3v) is 4.17. The zero-order chi connectivity index (χ0) is 20.1. The summed E-state index contributed by atoms with van der Waals surface area (Å²) in [6.45, 7) is 3.94. The third-order valence-electron chi connectivity index (χ3n) is 4.17. The van der Waals surface area contributed by atoms with E-state index in [-0.39, 0.29) is 13.2 Å². The van der Waals surface area contributed by atoms with Crippen LogP contribution in [0.5, 0.6) is 0 Å². The van der Waals surface area contributed by atoms with Crippen molar-refractivity contribution in [3.8, 4) is 0 Å². The van der Waals surface area contributed by atoms with Gasteiger partial charge in [0, 0.05) is 7.11 Å². The Labute approximate surface area is 161 Å². The fourth-order valence-corrected chi connectivity index (χ4v) is 2.56. The Hall–Kier alpha value is -1.54. The van der Waals surface area contributed by atoms with E-state index in [2.05, 4.69) is 0 Å². The van der Waals surface area contributed by atoms with Gasteiger partial charge in [0.15, 0.2) is 0 Å². The van der Waals surface area contributed by atoms with Crippen molar-refractivity contribution in [1.82, 2.24) is 0 Å². The molecule has 6 heteroatoms. The lowest BCUT2D eigenvalue weighted by Gasteiger charge is -2.31. The van der Waals surface area contributed by atoms with Gasteiger partial charge in [0.1, 0.15) is 24.4 Å². The number of rotatable bonds is 13. The number of aliphatic hydroxyl groups is 3. The summed E-state index contributed by atoms with van der Waals surface area (Å²) in [5.74, 6) is 0. The first-order chi connectivity index (χ1) is 13.1. The molecule has 0 heterocycles. The molecule has 4 unspecified atom stereocenters. The maximum Gasteiger partial charge on any atom is 0.115 e. The van der Waals surface area contributed by atoms with E-state index in [0.717, 1.165) is 11.1 Å². The average molecular weight is 380 g/mol. The van der Waals surface area contributed by atoms with Crippen LogP contribution in [0, 0.1) is 0 Å². The lowest BCUT2D eigenvalue weighted by Crippen LogP contribution is -2.49. The molecule has 0 aliphatic heterocycles. The van der Waals surface area contributed by atoms with E-state index < -0.39 is 31.0 Å². The van der Waals surface area contributed by atoms with Crippen LogP contribution >= 0.6 is 0 Å². The molecular weight excluding hydrogens is 348 g/mol. The van der Waals surface area contributed by atoms with Crippen LogP contribution in [-0.4, -0.2) is 66.7 Å². The summed E-state index contributed by atoms with van der Waals surface area (Å²) in [5.41, 5.74) is 1.91. The maximum absolute atomic E-state index is 10.6. The summed E-state index contributed by atoms with van der Waals surface area (Å²) in [6, 6.07) is 9.66. The molecule has 0 bridgehead atoms. The van der Waals surface area contributed by atoms with Crippen molar-refractivity contribution < 1.29 is 29.5 Å². The van der Waals surface area contributed by atoms with E-state index in [9.17, 15) is 15.3 Å². The number of aliphatic hydroxyl groups excluding tert-OH is 3. The summed E-state index contributed by atoms with van der Waals surface area (Å²) in [7, 11) is 1.46. The summed E-state index contributed by atoms with van der Waals surface area (Å²) >= 11 is 0. The maximum atomic E-state index is 10.6. The summed E-state index contributed by atoms with van der Waals surface area (Å²) < 4.78 is 16.7. The van der Waals surface area contributed by atoms with E-state index in [1.54, 1.807) is 0 Å². The molecule has 3 N–H and O–H groups in total. The van der Waals surface area contributed by atoms with Gasteiger partial charge >= 0.3 is 0 Å². The molecule has 0 aliphatic rings. The highest BCUT2D eigenvalue weighted by Gasteiger charge is 2.34. The Balaban J connectivity index is 2.67. The quantitative estimate of drug-likeness (QED) is 0.453. The van der Waals surface area contributed by atoms with E-state index >= 15 is 0 Å². The standard InChI is InChI=1S/C21H32O6/c1-4-9-16(5-2)14-27-21(18(23)12-22)20(24)19(25-3)15-26-13-17-10-7-6-8-11-17/h4-11,18-24H,12-15H2,1-3H3/b9-4-,16-5+. The van der Waals surface area contributed by atoms with Crippen molar-refractivity contribution in [3.05, 3.63) is 59.7 Å². The lowest BCUT2D eigenvalue weighted by molar-refractivity contribution is -0.156. The Morgan fingerprint density at radius 1 is 1.15 bits per heavy atom. The normalized spacial score (nSPS) is 17.0. The zero-order valence-corrected chi connectivity index (χ0v) is 16.3. The number of allylic oxidation sites excluding steroid dienone is 2. The molecule has 0 aromatic heterocycles. The van der Waals surface area contributed by atoms with Crippen LogP contribution < -0.4 is 0 Å². The average Bonchev–Trinajstić information content (AvgIpc) is 2.70. The van der Waals surface area contributed by atoms with Crippen molar-refractivity contribution in [2.24, 2.45) is 0 Å². The van der Waals surface area contributed by atoms with Crippen LogP contribution in [0.4, 0.5) is 0 Å². The minimum absolute atomic E-state index is 0.121. The monoisotopic (exact) mass is 380 g/mol. The highest BCUT2D eigenvalue weighted by Crippen LogP contribution is 2.15. The van der Waals surface area contributed by atoms with Gasteiger partial charge in [-0.15, -0.1) is 0 Å². The second-order valence-corrected chi connectivity index (χ2v) is 6.15. The molecule has 6 nitrogen and oxygen atoms in total. The molecule has 4 atom stereocenters. The van der Waals surface area contributed by atoms with Crippen LogP contribution in [0.15, 0.2) is 54.1 Å². The van der Waals surface area contributed by atoms with Gasteiger partial charge in [-0.1, -0.05) is 48.6 Å². The smallest absolute Gasteiger partial charge is 0.115 e. The highest BCUT2D eigenvalue weighted by molar-refractivity contribution is 5.17. The SMILES string of the molecule is C/C=C\C(=C/C)COC(C(O)CO)C(O)C(COCc1ccccc1)OC. The molecule has 0 spiro atoms. The molecule has 0 saturated heterocycles. The Kier molecular flexibility index (Phi) is 11.8. The molecule has 0 saturated carbocycles. The van der Waals surface area contributed by atoms with Gasteiger partial charge in [0.2, 0.25) is 0 Å². The number of hydrogen-bond acceptors (Lipinski definition) is 6. The van der Waals surface area contributed by atoms with Gasteiger partial charge < -0.3 is 29.5 Å². The summed E-state index contributed by atoms with van der Waals surface area (Å²) in [6.07, 6.45) is 1.50. The van der Waals surface area contributed by atoms with Crippen LogP contribution in [0.2, 0.25) is 0 Å². The Morgan fingerprint density at radius 3 is 2.41 bits per heavy atom. The largest absolute Gasteiger partial charge is 0.394 e. The molecule has 1 aromatic carbocycles. The van der Waals surface area contributed by atoms with Crippen molar-refractivity contribution in [1.29, 1.82) is 0 Å². The van der Waals surface area contributed by atoms with Crippen molar-refractivity contribution >= 4 is 0 Å².